The SMILES string of the molecule is COCCNC(=O)[C@@H](NC(=O)[C@H]1CC(=O)N(c2ccc3c(c2)OCCO3)C1)C(C)C. The highest BCUT2D eigenvalue weighted by Gasteiger charge is 2.37. The monoisotopic (exact) mass is 419 g/mol. The maximum Gasteiger partial charge on any atom is 0.242 e. The molecule has 0 aliphatic carbocycles. The first-order chi connectivity index (χ1) is 14.4. The fraction of sp³-hybridized carbons (Fsp3) is 0.571. The Kier molecular flexibility index (Phi) is 7.15. The van der Waals surface area contributed by atoms with Crippen LogP contribution in [0.2, 0.25) is 0 Å². The van der Waals surface area contributed by atoms with Gasteiger partial charge in [0.05, 0.1) is 12.5 Å². The van der Waals surface area contributed by atoms with Crippen LogP contribution in [0, 0.1) is 11.8 Å². The number of amides is 3. The fourth-order valence-electron chi connectivity index (χ4n) is 3.53. The normalized spacial score (nSPS) is 19.0. The molecular formula is C21H29N3O6. The third kappa shape index (κ3) is 5.02. The Hall–Kier alpha value is -2.81. The van der Waals surface area contributed by atoms with Gasteiger partial charge in [0.15, 0.2) is 11.5 Å². The minimum Gasteiger partial charge on any atom is -0.486 e. The van der Waals surface area contributed by atoms with Crippen molar-refractivity contribution in [3.63, 3.8) is 0 Å². The van der Waals surface area contributed by atoms with Gasteiger partial charge in [-0.3, -0.25) is 14.4 Å². The Balaban J connectivity index is 1.63. The van der Waals surface area contributed by atoms with Crippen LogP contribution in [0.25, 0.3) is 0 Å². The number of fused-ring (bicyclic) bond motifs is 1. The number of benzene rings is 1. The standard InChI is InChI=1S/C21H29N3O6/c1-13(2)19(21(27)22-6-7-28-3)23-20(26)14-10-18(25)24(12-14)15-4-5-16-17(11-15)30-9-8-29-16/h4-5,11,13-14,19H,6-10,12H2,1-3H3,(H,22,27)(H,23,26)/t14-,19-/m0/s1. The molecule has 2 N–H and O–H groups in total. The predicted molar refractivity (Wildman–Crippen MR) is 110 cm³/mol. The van der Waals surface area contributed by atoms with Crippen molar-refractivity contribution < 1.29 is 28.6 Å². The average Bonchev–Trinajstić information content (AvgIpc) is 3.13. The van der Waals surface area contributed by atoms with E-state index in [4.69, 9.17) is 14.2 Å². The van der Waals surface area contributed by atoms with Gasteiger partial charge in [-0.1, -0.05) is 13.8 Å². The molecule has 2 aliphatic rings. The van der Waals surface area contributed by atoms with Crippen molar-refractivity contribution in [3.8, 4) is 11.5 Å². The molecule has 1 aromatic carbocycles. The van der Waals surface area contributed by atoms with E-state index in [9.17, 15) is 14.4 Å². The number of hydrogen-bond acceptors (Lipinski definition) is 6. The first kappa shape index (κ1) is 21.9. The van der Waals surface area contributed by atoms with Crippen LogP contribution in [-0.2, 0) is 19.1 Å². The van der Waals surface area contributed by atoms with Crippen molar-refractivity contribution in [2.24, 2.45) is 11.8 Å². The molecule has 2 atom stereocenters. The smallest absolute Gasteiger partial charge is 0.242 e. The van der Waals surface area contributed by atoms with Crippen LogP contribution in [-0.4, -0.2) is 63.8 Å². The van der Waals surface area contributed by atoms with Gasteiger partial charge < -0.3 is 29.7 Å². The summed E-state index contributed by atoms with van der Waals surface area (Å²) in [4.78, 5) is 39.4. The molecule has 0 aromatic heterocycles. The Bertz CT molecular complexity index is 797. The van der Waals surface area contributed by atoms with E-state index >= 15 is 0 Å². The van der Waals surface area contributed by atoms with Crippen LogP contribution in [0.15, 0.2) is 18.2 Å². The lowest BCUT2D eigenvalue weighted by Gasteiger charge is -2.24. The van der Waals surface area contributed by atoms with E-state index in [2.05, 4.69) is 10.6 Å². The number of carbonyl (C=O) groups excluding carboxylic acids is 3. The van der Waals surface area contributed by atoms with Crippen LogP contribution < -0.4 is 25.0 Å². The van der Waals surface area contributed by atoms with Crippen molar-refractivity contribution in [1.82, 2.24) is 10.6 Å². The van der Waals surface area contributed by atoms with Gasteiger partial charge in [-0.05, 0) is 18.1 Å². The summed E-state index contributed by atoms with van der Waals surface area (Å²) in [5.74, 6) is -0.0941. The summed E-state index contributed by atoms with van der Waals surface area (Å²) in [6.45, 7) is 5.69. The number of methoxy groups -OCH3 is 1. The number of carbonyl (C=O) groups is 3. The van der Waals surface area contributed by atoms with Gasteiger partial charge in [0.1, 0.15) is 19.3 Å². The molecule has 1 fully saturated rings. The number of hydrogen-bond donors (Lipinski definition) is 2. The fourth-order valence-corrected chi connectivity index (χ4v) is 3.53. The zero-order valence-corrected chi connectivity index (χ0v) is 17.6. The minimum atomic E-state index is -0.673. The van der Waals surface area contributed by atoms with Crippen LogP contribution >= 0.6 is 0 Å². The van der Waals surface area contributed by atoms with Gasteiger partial charge in [-0.25, -0.2) is 0 Å². The van der Waals surface area contributed by atoms with E-state index in [0.717, 1.165) is 0 Å². The number of rotatable bonds is 8. The van der Waals surface area contributed by atoms with Crippen molar-refractivity contribution in [2.75, 3.05) is 44.9 Å². The molecule has 9 heteroatoms. The molecule has 9 nitrogen and oxygen atoms in total. The van der Waals surface area contributed by atoms with Gasteiger partial charge in [0, 0.05) is 38.4 Å². The summed E-state index contributed by atoms with van der Waals surface area (Å²) in [7, 11) is 1.55. The molecule has 0 radical (unpaired) electrons. The summed E-state index contributed by atoms with van der Waals surface area (Å²) in [5.41, 5.74) is 0.664. The van der Waals surface area contributed by atoms with Gasteiger partial charge >= 0.3 is 0 Å². The van der Waals surface area contributed by atoms with Gasteiger partial charge in [0.2, 0.25) is 17.7 Å². The summed E-state index contributed by atoms with van der Waals surface area (Å²) in [6.07, 6.45) is 0.0936. The van der Waals surface area contributed by atoms with Crippen LogP contribution in [0.4, 0.5) is 5.69 Å². The molecule has 0 unspecified atom stereocenters. The molecule has 1 saturated heterocycles. The van der Waals surface area contributed by atoms with Crippen molar-refractivity contribution in [3.05, 3.63) is 18.2 Å². The van der Waals surface area contributed by atoms with Crippen LogP contribution in [0.5, 0.6) is 11.5 Å². The summed E-state index contributed by atoms with van der Waals surface area (Å²) >= 11 is 0. The number of anilines is 1. The van der Waals surface area contributed by atoms with E-state index in [1.54, 1.807) is 30.2 Å². The zero-order valence-electron chi connectivity index (χ0n) is 17.6. The van der Waals surface area contributed by atoms with Crippen LogP contribution in [0.1, 0.15) is 20.3 Å². The van der Waals surface area contributed by atoms with Crippen molar-refractivity contribution >= 4 is 23.4 Å². The second-order valence-corrected chi connectivity index (χ2v) is 7.75. The topological polar surface area (TPSA) is 106 Å². The molecule has 3 rings (SSSR count). The Morgan fingerprint density at radius 2 is 1.97 bits per heavy atom. The lowest BCUT2D eigenvalue weighted by molar-refractivity contribution is -0.132. The predicted octanol–water partition coefficient (Wildman–Crippen LogP) is 0.714. The number of ether oxygens (including phenoxy) is 3. The van der Waals surface area contributed by atoms with E-state index in [1.165, 1.54) is 0 Å². The first-order valence-electron chi connectivity index (χ1n) is 10.2. The van der Waals surface area contributed by atoms with E-state index in [-0.39, 0.29) is 36.6 Å². The highest BCUT2D eigenvalue weighted by atomic mass is 16.6. The highest BCUT2D eigenvalue weighted by Crippen LogP contribution is 2.36. The van der Waals surface area contributed by atoms with Crippen LogP contribution in [0.3, 0.4) is 0 Å². The Morgan fingerprint density at radius 3 is 2.67 bits per heavy atom. The minimum absolute atomic E-state index is 0.0936. The molecule has 2 heterocycles. The number of nitrogens with zero attached hydrogens (tertiary/aromatic N) is 1. The van der Waals surface area contributed by atoms with Crippen molar-refractivity contribution in [2.45, 2.75) is 26.3 Å². The second kappa shape index (κ2) is 9.80. The average molecular weight is 419 g/mol. The third-order valence-electron chi connectivity index (χ3n) is 5.19. The molecule has 3 amide bonds. The quantitative estimate of drug-likeness (QED) is 0.602. The maximum atomic E-state index is 12.8. The van der Waals surface area contributed by atoms with Gasteiger partial charge in [-0.15, -0.1) is 0 Å². The summed E-state index contributed by atoms with van der Waals surface area (Å²) in [6, 6.07) is 4.63. The molecule has 164 valence electrons. The lowest BCUT2D eigenvalue weighted by Crippen LogP contribution is -2.51. The van der Waals surface area contributed by atoms with E-state index in [0.29, 0.717) is 43.6 Å². The lowest BCUT2D eigenvalue weighted by atomic mass is 10.0. The summed E-state index contributed by atoms with van der Waals surface area (Å²) < 4.78 is 16.0. The molecule has 30 heavy (non-hydrogen) atoms. The van der Waals surface area contributed by atoms with Gasteiger partial charge in [-0.2, -0.15) is 0 Å². The number of nitrogens with one attached hydrogen (secondary N) is 2. The van der Waals surface area contributed by atoms with E-state index in [1.807, 2.05) is 13.8 Å². The molecular weight excluding hydrogens is 390 g/mol. The molecule has 0 spiro atoms. The van der Waals surface area contributed by atoms with Crippen molar-refractivity contribution in [1.29, 1.82) is 0 Å². The first-order valence-corrected chi connectivity index (χ1v) is 10.2. The highest BCUT2D eigenvalue weighted by molar-refractivity contribution is 6.01. The second-order valence-electron chi connectivity index (χ2n) is 7.75. The summed E-state index contributed by atoms with van der Waals surface area (Å²) in [5, 5.41) is 5.56. The van der Waals surface area contributed by atoms with E-state index < -0.39 is 12.0 Å². The Labute approximate surface area is 176 Å². The Morgan fingerprint density at radius 1 is 1.23 bits per heavy atom. The maximum absolute atomic E-state index is 12.8. The molecule has 1 aromatic rings. The largest absolute Gasteiger partial charge is 0.486 e. The third-order valence-corrected chi connectivity index (χ3v) is 5.19. The zero-order chi connectivity index (χ0) is 21.7. The van der Waals surface area contributed by atoms with Gasteiger partial charge in [0.25, 0.3) is 0 Å². The molecule has 2 aliphatic heterocycles. The molecule has 0 bridgehead atoms. The molecule has 0 saturated carbocycles.